The zero-order valence-corrected chi connectivity index (χ0v) is 10.5. The Morgan fingerprint density at radius 3 is 2.75 bits per heavy atom. The second-order valence-corrected chi connectivity index (χ2v) is 4.57. The van der Waals surface area contributed by atoms with Crippen molar-refractivity contribution in [2.45, 2.75) is 39.5 Å². The summed E-state index contributed by atoms with van der Waals surface area (Å²) in [7, 11) is 0. The number of hydrogen-bond acceptors (Lipinski definition) is 1. The summed E-state index contributed by atoms with van der Waals surface area (Å²) in [5, 5.41) is 0. The van der Waals surface area contributed by atoms with Crippen molar-refractivity contribution in [2.75, 3.05) is 6.54 Å². The van der Waals surface area contributed by atoms with E-state index in [2.05, 4.69) is 25.7 Å². The molecule has 0 aromatic carbocycles. The number of carbonyl (C=O) groups excluding carboxylic acids is 1. The molecule has 0 bridgehead atoms. The zero-order valence-electron chi connectivity index (χ0n) is 10.5. The van der Waals surface area contributed by atoms with Crippen molar-refractivity contribution in [3.05, 3.63) is 24.9 Å². The molecule has 0 aliphatic heterocycles. The van der Waals surface area contributed by atoms with E-state index in [0.29, 0.717) is 5.92 Å². The van der Waals surface area contributed by atoms with Gasteiger partial charge in [-0.3, -0.25) is 4.79 Å². The molecule has 0 radical (unpaired) electrons. The Morgan fingerprint density at radius 1 is 1.44 bits per heavy atom. The lowest BCUT2D eigenvalue weighted by atomic mass is 10.1. The van der Waals surface area contributed by atoms with Gasteiger partial charge in [0.05, 0.1) is 0 Å². The average molecular weight is 221 g/mol. The molecule has 16 heavy (non-hydrogen) atoms. The van der Waals surface area contributed by atoms with E-state index in [1.54, 1.807) is 18.0 Å². The molecule has 0 spiro atoms. The number of hydrogen-bond donors (Lipinski definition) is 0. The van der Waals surface area contributed by atoms with Gasteiger partial charge in [-0.05, 0) is 43.7 Å². The Labute approximate surface area is 99.0 Å². The molecule has 2 atom stereocenters. The number of amides is 1. The van der Waals surface area contributed by atoms with E-state index in [0.717, 1.165) is 18.9 Å². The Hall–Kier alpha value is -1.05. The van der Waals surface area contributed by atoms with Crippen molar-refractivity contribution in [3.8, 4) is 0 Å². The van der Waals surface area contributed by atoms with Gasteiger partial charge in [0, 0.05) is 13.5 Å². The molecule has 1 amide bonds. The topological polar surface area (TPSA) is 20.3 Å². The first kappa shape index (κ1) is 13.0. The fourth-order valence-corrected chi connectivity index (χ4v) is 2.07. The summed E-state index contributed by atoms with van der Waals surface area (Å²) in [5.74, 6) is 1.63. The van der Waals surface area contributed by atoms with Crippen molar-refractivity contribution in [2.24, 2.45) is 11.8 Å². The van der Waals surface area contributed by atoms with Crippen molar-refractivity contribution in [3.63, 3.8) is 0 Å². The van der Waals surface area contributed by atoms with Crippen LogP contribution < -0.4 is 0 Å². The minimum absolute atomic E-state index is 0.103. The quantitative estimate of drug-likeness (QED) is 0.604. The van der Waals surface area contributed by atoms with E-state index < -0.39 is 0 Å². The van der Waals surface area contributed by atoms with E-state index >= 15 is 0 Å². The second kappa shape index (κ2) is 6.51. The maximum atomic E-state index is 11.2. The molecule has 0 N–H and O–H groups in total. The Bertz CT molecular complexity index is 270. The Kier molecular flexibility index (Phi) is 5.30. The van der Waals surface area contributed by atoms with E-state index in [4.69, 9.17) is 0 Å². The summed E-state index contributed by atoms with van der Waals surface area (Å²) in [6.07, 6.45) is 11.0. The van der Waals surface area contributed by atoms with Crippen LogP contribution in [0, 0.1) is 11.8 Å². The summed E-state index contributed by atoms with van der Waals surface area (Å²) in [4.78, 5) is 12.9. The highest BCUT2D eigenvalue weighted by Crippen LogP contribution is 2.42. The summed E-state index contributed by atoms with van der Waals surface area (Å²) in [6, 6.07) is 0. The molecule has 2 heteroatoms. The van der Waals surface area contributed by atoms with Crippen LogP contribution in [0.2, 0.25) is 0 Å². The Morgan fingerprint density at radius 2 is 2.19 bits per heavy atom. The smallest absolute Gasteiger partial charge is 0.223 e. The third kappa shape index (κ3) is 4.21. The standard InChI is InChI=1S/C14H23NO/c1-4-6-7-8-9-13-10-14(13)11-15(5-2)12(3)16/h5-7,13-14H,2,4,8-11H2,1,3H3. The van der Waals surface area contributed by atoms with Crippen LogP contribution in [-0.4, -0.2) is 17.4 Å². The van der Waals surface area contributed by atoms with Crippen molar-refractivity contribution < 1.29 is 4.79 Å². The molecule has 1 fully saturated rings. The fraction of sp³-hybridized carbons (Fsp3) is 0.643. The molecular weight excluding hydrogens is 198 g/mol. The summed E-state index contributed by atoms with van der Waals surface area (Å²) in [6.45, 7) is 8.29. The lowest BCUT2D eigenvalue weighted by Gasteiger charge is -2.15. The van der Waals surface area contributed by atoms with Gasteiger partial charge in [-0.15, -0.1) is 0 Å². The van der Waals surface area contributed by atoms with Crippen LogP contribution in [0.25, 0.3) is 0 Å². The molecule has 2 unspecified atom stereocenters. The summed E-state index contributed by atoms with van der Waals surface area (Å²) >= 11 is 0. The number of allylic oxidation sites excluding steroid dienone is 2. The molecular formula is C14H23NO. The van der Waals surface area contributed by atoms with Gasteiger partial charge in [-0.2, -0.15) is 0 Å². The minimum Gasteiger partial charge on any atom is -0.320 e. The molecule has 1 rings (SSSR count). The first-order valence-electron chi connectivity index (χ1n) is 6.23. The lowest BCUT2D eigenvalue weighted by molar-refractivity contribution is -0.126. The largest absolute Gasteiger partial charge is 0.320 e. The van der Waals surface area contributed by atoms with Crippen molar-refractivity contribution in [1.29, 1.82) is 0 Å². The third-order valence-electron chi connectivity index (χ3n) is 3.23. The van der Waals surface area contributed by atoms with Crippen molar-refractivity contribution >= 4 is 5.91 Å². The van der Waals surface area contributed by atoms with Gasteiger partial charge in [0.2, 0.25) is 5.91 Å². The van der Waals surface area contributed by atoms with Crippen LogP contribution in [-0.2, 0) is 4.79 Å². The normalized spacial score (nSPS) is 23.4. The minimum atomic E-state index is 0.103. The molecule has 0 heterocycles. The van der Waals surface area contributed by atoms with Gasteiger partial charge >= 0.3 is 0 Å². The van der Waals surface area contributed by atoms with Gasteiger partial charge < -0.3 is 4.90 Å². The van der Waals surface area contributed by atoms with Crippen LogP contribution in [0.5, 0.6) is 0 Å². The van der Waals surface area contributed by atoms with E-state index in [9.17, 15) is 4.79 Å². The highest BCUT2D eigenvalue weighted by molar-refractivity contribution is 5.74. The molecule has 2 nitrogen and oxygen atoms in total. The molecule has 0 aromatic heterocycles. The van der Waals surface area contributed by atoms with E-state index in [-0.39, 0.29) is 5.91 Å². The zero-order chi connectivity index (χ0) is 12.0. The highest BCUT2D eigenvalue weighted by Gasteiger charge is 2.37. The van der Waals surface area contributed by atoms with Gasteiger partial charge in [-0.25, -0.2) is 0 Å². The fourth-order valence-electron chi connectivity index (χ4n) is 2.07. The van der Waals surface area contributed by atoms with Gasteiger partial charge in [0.25, 0.3) is 0 Å². The van der Waals surface area contributed by atoms with Crippen LogP contribution in [0.15, 0.2) is 24.9 Å². The predicted octanol–water partition coefficient (Wildman–Crippen LogP) is 3.36. The highest BCUT2D eigenvalue weighted by atomic mass is 16.2. The molecule has 1 saturated carbocycles. The number of rotatable bonds is 7. The van der Waals surface area contributed by atoms with Crippen LogP contribution in [0.3, 0.4) is 0 Å². The van der Waals surface area contributed by atoms with Crippen LogP contribution in [0.4, 0.5) is 0 Å². The van der Waals surface area contributed by atoms with Crippen molar-refractivity contribution in [1.82, 2.24) is 4.90 Å². The van der Waals surface area contributed by atoms with Gasteiger partial charge in [0.15, 0.2) is 0 Å². The Balaban J connectivity index is 2.16. The first-order chi connectivity index (χ1) is 7.69. The van der Waals surface area contributed by atoms with Gasteiger partial charge in [0.1, 0.15) is 0 Å². The van der Waals surface area contributed by atoms with Crippen LogP contribution >= 0.6 is 0 Å². The molecule has 0 saturated heterocycles. The monoisotopic (exact) mass is 221 g/mol. The predicted molar refractivity (Wildman–Crippen MR) is 67.8 cm³/mol. The van der Waals surface area contributed by atoms with Gasteiger partial charge in [-0.1, -0.05) is 25.7 Å². The summed E-state index contributed by atoms with van der Waals surface area (Å²) in [5.41, 5.74) is 0. The molecule has 1 aliphatic rings. The molecule has 1 aliphatic carbocycles. The lowest BCUT2D eigenvalue weighted by Crippen LogP contribution is -2.25. The number of nitrogens with zero attached hydrogens (tertiary/aromatic N) is 1. The maximum Gasteiger partial charge on any atom is 0.223 e. The third-order valence-corrected chi connectivity index (χ3v) is 3.23. The molecule has 0 aromatic rings. The maximum absolute atomic E-state index is 11.2. The number of carbonyl (C=O) groups is 1. The van der Waals surface area contributed by atoms with E-state index in [1.165, 1.54) is 19.3 Å². The second-order valence-electron chi connectivity index (χ2n) is 4.57. The SMILES string of the molecule is C=CN(CC1CC1CCC=CCC)C(C)=O. The first-order valence-corrected chi connectivity index (χ1v) is 6.23. The molecule has 90 valence electrons. The summed E-state index contributed by atoms with van der Waals surface area (Å²) < 4.78 is 0. The van der Waals surface area contributed by atoms with Crippen LogP contribution in [0.1, 0.15) is 39.5 Å². The van der Waals surface area contributed by atoms with E-state index in [1.807, 2.05) is 0 Å². The average Bonchev–Trinajstić information content (AvgIpc) is 2.99.